The first-order valence-electron chi connectivity index (χ1n) is 9.66. The molecule has 3 amide bonds. The lowest BCUT2D eigenvalue weighted by molar-refractivity contribution is -0.122. The molecule has 4 rings (SSSR count). The molecule has 30 heavy (non-hydrogen) atoms. The summed E-state index contributed by atoms with van der Waals surface area (Å²) in [4.78, 5) is 50.6. The predicted octanol–water partition coefficient (Wildman–Crippen LogP) is 0.929. The molecular weight excluding hydrogens is 384 g/mol. The number of rotatable bonds is 7. The summed E-state index contributed by atoms with van der Waals surface area (Å²) in [7, 11) is 0. The second-order valence-electron chi connectivity index (χ2n) is 7.14. The lowest BCUT2D eigenvalue weighted by atomic mass is 10.1. The number of nitrogens with one attached hydrogen (secondary N) is 2. The molecule has 0 fully saturated rings. The van der Waals surface area contributed by atoms with Gasteiger partial charge in [0.05, 0.1) is 17.7 Å². The Morgan fingerprint density at radius 2 is 1.63 bits per heavy atom. The Kier molecular flexibility index (Phi) is 5.38. The Morgan fingerprint density at radius 1 is 1.00 bits per heavy atom. The van der Waals surface area contributed by atoms with Crippen LogP contribution in [0.2, 0.25) is 0 Å². The van der Waals surface area contributed by atoms with Gasteiger partial charge in [-0.3, -0.25) is 29.5 Å². The van der Waals surface area contributed by atoms with E-state index in [2.05, 4.69) is 15.8 Å². The highest BCUT2D eigenvalue weighted by molar-refractivity contribution is 6.42. The number of hydrogen-bond acceptors (Lipinski definition) is 6. The molecule has 0 radical (unpaired) electrons. The lowest BCUT2D eigenvalue weighted by Crippen LogP contribution is -2.41. The Morgan fingerprint density at radius 3 is 2.30 bits per heavy atom. The third kappa shape index (κ3) is 3.84. The van der Waals surface area contributed by atoms with Crippen molar-refractivity contribution in [2.24, 2.45) is 5.10 Å². The summed E-state index contributed by atoms with van der Waals surface area (Å²) in [6, 6.07) is 15.6. The van der Waals surface area contributed by atoms with E-state index in [1.54, 1.807) is 24.3 Å². The van der Waals surface area contributed by atoms with E-state index in [9.17, 15) is 19.2 Å². The van der Waals surface area contributed by atoms with Crippen molar-refractivity contribution >= 4 is 29.2 Å². The van der Waals surface area contributed by atoms with E-state index in [1.165, 1.54) is 0 Å². The van der Waals surface area contributed by atoms with Crippen molar-refractivity contribution in [3.8, 4) is 0 Å². The molecule has 1 atom stereocenters. The van der Waals surface area contributed by atoms with Gasteiger partial charge in [-0.1, -0.05) is 42.5 Å². The fraction of sp³-hybridized carbons (Fsp3) is 0.227. The van der Waals surface area contributed by atoms with E-state index in [-0.39, 0.29) is 29.2 Å². The average molecular weight is 404 g/mol. The van der Waals surface area contributed by atoms with Gasteiger partial charge in [-0.25, -0.2) is 0 Å². The largest absolute Gasteiger partial charge is 0.354 e. The minimum atomic E-state index is -0.651. The van der Waals surface area contributed by atoms with Gasteiger partial charge >= 0.3 is 0 Å². The molecule has 8 nitrogen and oxygen atoms in total. The van der Waals surface area contributed by atoms with Crippen LogP contribution in [-0.2, 0) is 16.0 Å². The van der Waals surface area contributed by atoms with Gasteiger partial charge in [0, 0.05) is 13.0 Å². The standard InChI is InChI=1S/C22H20N4O4/c27-19(13-26-21(29)15-8-4-5-9-16(15)22(26)30)17-12-18(25-24-17)20(28)23-11-10-14-6-2-1-3-7-14/h1-9,18,25H,10-13H2,(H,23,28). The van der Waals surface area contributed by atoms with Crippen LogP contribution in [0.15, 0.2) is 59.7 Å². The van der Waals surface area contributed by atoms with Gasteiger partial charge in [0.2, 0.25) is 5.91 Å². The van der Waals surface area contributed by atoms with E-state index in [0.717, 1.165) is 10.5 Å². The molecule has 2 aromatic carbocycles. The minimum absolute atomic E-state index is 0.110. The first-order valence-corrected chi connectivity index (χ1v) is 9.66. The number of carbonyl (C=O) groups is 4. The van der Waals surface area contributed by atoms with Crippen LogP contribution in [0.5, 0.6) is 0 Å². The first-order chi connectivity index (χ1) is 14.5. The summed E-state index contributed by atoms with van der Waals surface area (Å²) in [6.07, 6.45) is 0.810. The van der Waals surface area contributed by atoms with Crippen molar-refractivity contribution in [2.45, 2.75) is 18.9 Å². The number of hydrazone groups is 1. The molecule has 152 valence electrons. The normalized spacial score (nSPS) is 17.4. The van der Waals surface area contributed by atoms with E-state index >= 15 is 0 Å². The monoisotopic (exact) mass is 404 g/mol. The number of imide groups is 1. The van der Waals surface area contributed by atoms with Gasteiger partial charge in [0.15, 0.2) is 5.78 Å². The second kappa shape index (κ2) is 8.28. The second-order valence-corrected chi connectivity index (χ2v) is 7.14. The topological polar surface area (TPSA) is 108 Å². The van der Waals surface area contributed by atoms with E-state index < -0.39 is 30.2 Å². The summed E-state index contributed by atoms with van der Waals surface area (Å²) >= 11 is 0. The number of hydrogen-bond donors (Lipinski definition) is 2. The fourth-order valence-electron chi connectivity index (χ4n) is 3.48. The number of benzene rings is 2. The highest BCUT2D eigenvalue weighted by Crippen LogP contribution is 2.22. The molecule has 2 aromatic rings. The molecule has 0 aromatic heterocycles. The molecule has 0 bridgehead atoms. The van der Waals surface area contributed by atoms with Gasteiger partial charge < -0.3 is 5.32 Å². The Bertz CT molecular complexity index is 1010. The molecule has 2 aliphatic heterocycles. The molecule has 2 N–H and O–H groups in total. The molecule has 1 unspecified atom stereocenters. The number of nitrogens with zero attached hydrogens (tertiary/aromatic N) is 2. The Labute approximate surface area is 172 Å². The molecule has 2 aliphatic rings. The molecule has 0 spiro atoms. The Hall–Kier alpha value is -3.81. The first kappa shape index (κ1) is 19.5. The average Bonchev–Trinajstić information content (AvgIpc) is 3.35. The van der Waals surface area contributed by atoms with Crippen LogP contribution >= 0.6 is 0 Å². The number of carbonyl (C=O) groups excluding carboxylic acids is 4. The predicted molar refractivity (Wildman–Crippen MR) is 109 cm³/mol. The summed E-state index contributed by atoms with van der Waals surface area (Å²) in [5.74, 6) is -1.70. The highest BCUT2D eigenvalue weighted by Gasteiger charge is 2.38. The maximum Gasteiger partial charge on any atom is 0.261 e. The quantitative estimate of drug-likeness (QED) is 0.668. The Balaban J connectivity index is 1.28. The van der Waals surface area contributed by atoms with Gasteiger partial charge in [0.25, 0.3) is 11.8 Å². The maximum atomic E-state index is 12.6. The van der Waals surface area contributed by atoms with Gasteiger partial charge in [-0.15, -0.1) is 0 Å². The zero-order valence-electron chi connectivity index (χ0n) is 16.1. The van der Waals surface area contributed by atoms with Crippen LogP contribution in [0.4, 0.5) is 0 Å². The van der Waals surface area contributed by atoms with Crippen molar-refractivity contribution < 1.29 is 19.2 Å². The molecule has 0 aliphatic carbocycles. The summed E-state index contributed by atoms with van der Waals surface area (Å²) < 4.78 is 0. The number of amides is 3. The third-order valence-corrected chi connectivity index (χ3v) is 5.13. The van der Waals surface area contributed by atoms with Crippen LogP contribution in [0.25, 0.3) is 0 Å². The van der Waals surface area contributed by atoms with E-state index in [4.69, 9.17) is 0 Å². The highest BCUT2D eigenvalue weighted by atomic mass is 16.2. The molecule has 0 saturated heterocycles. The smallest absolute Gasteiger partial charge is 0.261 e. The summed E-state index contributed by atoms with van der Waals surface area (Å²) in [5, 5.41) is 6.78. The summed E-state index contributed by atoms with van der Waals surface area (Å²) in [6.45, 7) is 0.0779. The maximum absolute atomic E-state index is 12.6. The van der Waals surface area contributed by atoms with Crippen molar-refractivity contribution in [1.29, 1.82) is 0 Å². The lowest BCUT2D eigenvalue weighted by Gasteiger charge is -2.13. The molecule has 2 heterocycles. The van der Waals surface area contributed by atoms with Crippen molar-refractivity contribution in [1.82, 2.24) is 15.6 Å². The van der Waals surface area contributed by atoms with Gasteiger partial charge in [-0.05, 0) is 24.1 Å². The number of fused-ring (bicyclic) bond motifs is 1. The molecular formula is C22H20N4O4. The zero-order chi connectivity index (χ0) is 21.1. The third-order valence-electron chi connectivity index (χ3n) is 5.13. The van der Waals surface area contributed by atoms with Crippen LogP contribution < -0.4 is 10.7 Å². The fourth-order valence-corrected chi connectivity index (χ4v) is 3.48. The van der Waals surface area contributed by atoms with Gasteiger partial charge in [-0.2, -0.15) is 5.10 Å². The zero-order valence-corrected chi connectivity index (χ0v) is 16.1. The van der Waals surface area contributed by atoms with Crippen LogP contribution in [0, 0.1) is 0 Å². The SMILES string of the molecule is O=C(CN1C(=O)c2ccccc2C1=O)C1=NNC(C(=O)NCCc2ccccc2)C1. The molecule has 0 saturated carbocycles. The van der Waals surface area contributed by atoms with Crippen LogP contribution in [0.1, 0.15) is 32.7 Å². The number of Topliss-reactive ketones (excluding diaryl/α,β-unsaturated/α-hetero) is 1. The van der Waals surface area contributed by atoms with E-state index in [0.29, 0.717) is 13.0 Å². The molecule has 8 heteroatoms. The minimum Gasteiger partial charge on any atom is -0.354 e. The van der Waals surface area contributed by atoms with Crippen molar-refractivity contribution in [3.63, 3.8) is 0 Å². The van der Waals surface area contributed by atoms with Crippen molar-refractivity contribution in [3.05, 3.63) is 71.3 Å². The van der Waals surface area contributed by atoms with Crippen LogP contribution in [0.3, 0.4) is 0 Å². The van der Waals surface area contributed by atoms with Gasteiger partial charge in [0.1, 0.15) is 11.8 Å². The number of ketones is 1. The summed E-state index contributed by atoms with van der Waals surface area (Å²) in [5.41, 5.74) is 4.51. The van der Waals surface area contributed by atoms with E-state index in [1.807, 2.05) is 30.3 Å². The van der Waals surface area contributed by atoms with Crippen LogP contribution in [-0.4, -0.2) is 53.2 Å². The van der Waals surface area contributed by atoms with Crippen molar-refractivity contribution in [2.75, 3.05) is 13.1 Å².